The van der Waals surface area contributed by atoms with Crippen LogP contribution in [0.15, 0.2) is 66.1 Å². The topological polar surface area (TPSA) is 81.1 Å². The monoisotopic (exact) mass is 579 g/mol. The number of rotatable bonds is 9. The Labute approximate surface area is 256 Å². The van der Waals surface area contributed by atoms with Gasteiger partial charge >= 0.3 is 29.6 Å². The van der Waals surface area contributed by atoms with Gasteiger partial charge in [0.2, 0.25) is 0 Å². The SMILES string of the molecule is CCC/C=C/S(=O)(=O)NC(=O)/C=C/c1c(Cl)nc(CC)n1Cc1ccc(C#Cc2ccccc2)cc1Cl.[NaH]. The van der Waals surface area contributed by atoms with Crippen molar-refractivity contribution >= 4 is 74.8 Å². The van der Waals surface area contributed by atoms with Crippen LogP contribution in [0.4, 0.5) is 0 Å². The van der Waals surface area contributed by atoms with E-state index in [1.807, 2.05) is 65.6 Å². The van der Waals surface area contributed by atoms with Gasteiger partial charge in [0.25, 0.3) is 15.9 Å². The normalized spacial score (nSPS) is 11.3. The molecule has 1 heterocycles. The Morgan fingerprint density at radius 1 is 1.08 bits per heavy atom. The third-order valence-electron chi connectivity index (χ3n) is 5.23. The molecule has 10 heteroatoms. The molecule has 38 heavy (non-hydrogen) atoms. The average Bonchev–Trinajstić information content (AvgIpc) is 3.17. The van der Waals surface area contributed by atoms with Crippen LogP contribution in [0.2, 0.25) is 10.2 Å². The summed E-state index contributed by atoms with van der Waals surface area (Å²) in [4.78, 5) is 16.6. The Balaban J connectivity index is 0.00000507. The molecule has 0 spiro atoms. The molecule has 2 aromatic carbocycles. The average molecular weight is 581 g/mol. The maximum absolute atomic E-state index is 12.3. The van der Waals surface area contributed by atoms with Crippen molar-refractivity contribution in [2.24, 2.45) is 0 Å². The first kappa shape index (κ1) is 31.9. The number of amides is 1. The summed E-state index contributed by atoms with van der Waals surface area (Å²) in [5.74, 6) is 6.13. The van der Waals surface area contributed by atoms with E-state index in [4.69, 9.17) is 23.2 Å². The second kappa shape index (κ2) is 15.3. The van der Waals surface area contributed by atoms with E-state index < -0.39 is 15.9 Å². The minimum atomic E-state index is -3.87. The van der Waals surface area contributed by atoms with Gasteiger partial charge in [0, 0.05) is 34.1 Å². The van der Waals surface area contributed by atoms with Crippen molar-refractivity contribution in [3.63, 3.8) is 0 Å². The number of hydrogen-bond donors (Lipinski definition) is 1. The van der Waals surface area contributed by atoms with Crippen LogP contribution in [0.5, 0.6) is 0 Å². The Morgan fingerprint density at radius 2 is 1.79 bits per heavy atom. The third kappa shape index (κ3) is 9.46. The number of unbranched alkanes of at least 4 members (excludes halogenated alkanes) is 1. The van der Waals surface area contributed by atoms with Crippen LogP contribution >= 0.6 is 23.2 Å². The first-order valence-electron chi connectivity index (χ1n) is 11.7. The molecule has 1 N–H and O–H groups in total. The number of carbonyl (C=O) groups excluding carboxylic acids is 1. The molecule has 0 fully saturated rings. The summed E-state index contributed by atoms with van der Waals surface area (Å²) >= 11 is 12.9. The van der Waals surface area contributed by atoms with Crippen LogP contribution in [0.25, 0.3) is 6.08 Å². The van der Waals surface area contributed by atoms with E-state index in [0.717, 1.165) is 34.6 Å². The molecule has 194 valence electrons. The number of halogens is 2. The fourth-order valence-electron chi connectivity index (χ4n) is 3.40. The van der Waals surface area contributed by atoms with Gasteiger partial charge in [-0.1, -0.05) is 85.7 Å². The maximum atomic E-state index is 12.3. The number of benzene rings is 2. The summed E-state index contributed by atoms with van der Waals surface area (Å²) in [6, 6.07) is 15.3. The van der Waals surface area contributed by atoms with Gasteiger partial charge in [-0.05, 0) is 42.3 Å². The summed E-state index contributed by atoms with van der Waals surface area (Å²) in [5.41, 5.74) is 2.98. The van der Waals surface area contributed by atoms with Crippen molar-refractivity contribution < 1.29 is 13.2 Å². The van der Waals surface area contributed by atoms with Gasteiger partial charge in [0.1, 0.15) is 5.82 Å². The molecular weight excluding hydrogens is 552 g/mol. The van der Waals surface area contributed by atoms with Gasteiger partial charge in [-0.2, -0.15) is 0 Å². The number of carbonyl (C=O) groups is 1. The van der Waals surface area contributed by atoms with E-state index in [9.17, 15) is 13.2 Å². The molecule has 1 amide bonds. The molecule has 0 radical (unpaired) electrons. The molecule has 3 aromatic rings. The molecule has 0 aliphatic heterocycles. The first-order valence-corrected chi connectivity index (χ1v) is 14.0. The number of aryl methyl sites for hydroxylation is 1. The summed E-state index contributed by atoms with van der Waals surface area (Å²) in [6.45, 7) is 4.22. The number of nitrogens with one attached hydrogen (secondary N) is 1. The van der Waals surface area contributed by atoms with Gasteiger partial charge in [0.05, 0.1) is 12.2 Å². The zero-order valence-corrected chi connectivity index (χ0v) is 22.9. The van der Waals surface area contributed by atoms with Crippen molar-refractivity contribution in [3.8, 4) is 11.8 Å². The predicted molar refractivity (Wildman–Crippen MR) is 157 cm³/mol. The van der Waals surface area contributed by atoms with Crippen molar-refractivity contribution in [2.45, 2.75) is 39.7 Å². The Bertz CT molecular complexity index is 1490. The molecule has 0 unspecified atom stereocenters. The Morgan fingerprint density at radius 3 is 2.45 bits per heavy atom. The zero-order chi connectivity index (χ0) is 26.8. The summed E-state index contributed by atoms with van der Waals surface area (Å²) in [6.07, 6.45) is 6.06. The standard InChI is InChI=1S/C28H27Cl2N3O3S.Na.H/c1-3-5-9-18-37(35,36)32-27(34)17-16-25-28(30)31-26(4-2)33(25)20-23-15-14-22(19-24(23)29)13-12-21-10-7-6-8-11-21;;/h6-11,14-19H,3-5,20H2,1-2H3,(H,32,34);;/b17-16+,18-9+;;. The molecule has 0 aliphatic carbocycles. The van der Waals surface area contributed by atoms with Crippen LogP contribution in [0, 0.1) is 11.8 Å². The number of hydrogen-bond acceptors (Lipinski definition) is 4. The van der Waals surface area contributed by atoms with E-state index >= 15 is 0 Å². The predicted octanol–water partition coefficient (Wildman–Crippen LogP) is 5.32. The molecule has 0 atom stereocenters. The van der Waals surface area contributed by atoms with Gasteiger partial charge < -0.3 is 4.57 Å². The van der Waals surface area contributed by atoms with Crippen LogP contribution in [0.3, 0.4) is 0 Å². The van der Waals surface area contributed by atoms with Gasteiger partial charge in [-0.3, -0.25) is 4.79 Å². The number of sulfonamides is 1. The number of aromatic nitrogens is 2. The second-order valence-corrected chi connectivity index (χ2v) is 10.4. The van der Waals surface area contributed by atoms with Crippen LogP contribution < -0.4 is 4.72 Å². The molecule has 0 bridgehead atoms. The molecule has 1 aromatic heterocycles. The summed E-state index contributed by atoms with van der Waals surface area (Å²) in [7, 11) is -3.87. The Kier molecular flexibility index (Phi) is 12.9. The molecule has 0 saturated heterocycles. The fraction of sp³-hybridized carbons (Fsp3) is 0.214. The van der Waals surface area contributed by atoms with Gasteiger partial charge in [0.15, 0.2) is 5.15 Å². The second-order valence-electron chi connectivity index (χ2n) is 8.07. The summed E-state index contributed by atoms with van der Waals surface area (Å²) < 4.78 is 27.9. The van der Waals surface area contributed by atoms with E-state index in [0.29, 0.717) is 35.9 Å². The molecule has 3 rings (SSSR count). The first-order chi connectivity index (χ1) is 17.7. The quantitative estimate of drug-likeness (QED) is 0.211. The van der Waals surface area contributed by atoms with E-state index in [1.165, 1.54) is 12.2 Å². The number of imidazole rings is 1. The number of nitrogens with zero attached hydrogens (tertiary/aromatic N) is 2. The fourth-order valence-corrected chi connectivity index (χ4v) is 4.71. The Hall–Kier alpha value is -2.31. The zero-order valence-electron chi connectivity index (χ0n) is 20.5. The van der Waals surface area contributed by atoms with E-state index in [2.05, 4.69) is 16.8 Å². The van der Waals surface area contributed by atoms with Crippen molar-refractivity contribution in [1.29, 1.82) is 0 Å². The minimum absolute atomic E-state index is 0. The molecule has 0 aliphatic rings. The van der Waals surface area contributed by atoms with Crippen molar-refractivity contribution in [1.82, 2.24) is 14.3 Å². The van der Waals surface area contributed by atoms with Crippen LogP contribution in [0.1, 0.15) is 54.9 Å². The van der Waals surface area contributed by atoms with E-state index in [-0.39, 0.29) is 34.7 Å². The van der Waals surface area contributed by atoms with Crippen molar-refractivity contribution in [3.05, 3.63) is 104 Å². The summed E-state index contributed by atoms with van der Waals surface area (Å²) in [5, 5.41) is 1.72. The van der Waals surface area contributed by atoms with Gasteiger partial charge in [-0.25, -0.2) is 18.1 Å². The van der Waals surface area contributed by atoms with Crippen LogP contribution in [-0.2, 0) is 27.8 Å². The van der Waals surface area contributed by atoms with Crippen LogP contribution in [-0.4, -0.2) is 53.4 Å². The third-order valence-corrected chi connectivity index (χ3v) is 6.90. The molecule has 0 saturated carbocycles. The molecular formula is C28H28Cl2N3NaO3S. The van der Waals surface area contributed by atoms with E-state index in [1.54, 1.807) is 6.07 Å². The van der Waals surface area contributed by atoms with Gasteiger partial charge in [-0.15, -0.1) is 0 Å². The van der Waals surface area contributed by atoms with Crippen molar-refractivity contribution in [2.75, 3.05) is 0 Å². The molecule has 6 nitrogen and oxygen atoms in total. The number of allylic oxidation sites excluding steroid dienone is 1.